The van der Waals surface area contributed by atoms with Gasteiger partial charge in [0.15, 0.2) is 5.96 Å². The lowest BCUT2D eigenvalue weighted by Gasteiger charge is -2.33. The Morgan fingerprint density at radius 3 is 2.54 bits per heavy atom. The van der Waals surface area contributed by atoms with Crippen LogP contribution in [0.1, 0.15) is 43.4 Å². The molecule has 1 aliphatic rings. The van der Waals surface area contributed by atoms with Crippen LogP contribution in [0.3, 0.4) is 0 Å². The number of carbonyl (C=O) groups is 1. The molecule has 26 heavy (non-hydrogen) atoms. The van der Waals surface area contributed by atoms with Crippen LogP contribution in [0.25, 0.3) is 0 Å². The summed E-state index contributed by atoms with van der Waals surface area (Å²) in [5.41, 5.74) is 3.81. The van der Waals surface area contributed by atoms with E-state index in [1.54, 1.807) is 0 Å². The molecule has 0 unspecified atom stereocenters. The largest absolute Gasteiger partial charge is 0.466 e. The highest BCUT2D eigenvalue weighted by Gasteiger charge is 2.27. The highest BCUT2D eigenvalue weighted by Crippen LogP contribution is 2.19. The summed E-state index contributed by atoms with van der Waals surface area (Å²) in [6, 6.07) is 6.49. The number of carbonyl (C=O) groups excluding carboxylic acids is 1. The van der Waals surface area contributed by atoms with Crippen molar-refractivity contribution in [2.45, 2.75) is 47.1 Å². The first-order valence-corrected chi connectivity index (χ1v) is 9.31. The summed E-state index contributed by atoms with van der Waals surface area (Å²) in [6.45, 7) is 11.8. The Balaban J connectivity index is 0.00000338. The maximum atomic E-state index is 11.9. The summed E-state index contributed by atoms with van der Waals surface area (Å²) in [6.07, 6.45) is 1.65. The molecule has 0 aromatic heterocycles. The van der Waals surface area contributed by atoms with Gasteiger partial charge in [0.2, 0.25) is 0 Å². The Morgan fingerprint density at radius 2 is 1.96 bits per heavy atom. The van der Waals surface area contributed by atoms with Gasteiger partial charge in [-0.2, -0.15) is 0 Å². The predicted octanol–water partition coefficient (Wildman–Crippen LogP) is 3.66. The number of esters is 1. The zero-order valence-electron chi connectivity index (χ0n) is 16.4. The van der Waals surface area contributed by atoms with Crippen LogP contribution in [-0.4, -0.2) is 43.1 Å². The van der Waals surface area contributed by atoms with E-state index in [1.165, 1.54) is 16.7 Å². The third kappa shape index (κ3) is 6.45. The fourth-order valence-corrected chi connectivity index (χ4v) is 3.20. The molecule has 0 aliphatic carbocycles. The van der Waals surface area contributed by atoms with Crippen LogP contribution < -0.4 is 5.32 Å². The molecule has 5 nitrogen and oxygen atoms in total. The average Bonchev–Trinajstić information content (AvgIpc) is 2.60. The van der Waals surface area contributed by atoms with Gasteiger partial charge in [-0.05, 0) is 51.7 Å². The molecule has 0 bridgehead atoms. The molecule has 6 heteroatoms. The number of nitrogens with zero attached hydrogens (tertiary/aromatic N) is 2. The Bertz CT molecular complexity index is 611. The smallest absolute Gasteiger partial charge is 0.309 e. The van der Waals surface area contributed by atoms with Gasteiger partial charge in [0.1, 0.15) is 0 Å². The maximum Gasteiger partial charge on any atom is 0.309 e. The van der Waals surface area contributed by atoms with Gasteiger partial charge in [-0.15, -0.1) is 24.0 Å². The second-order valence-electron chi connectivity index (χ2n) is 6.61. The summed E-state index contributed by atoms with van der Waals surface area (Å²) in [4.78, 5) is 19.0. The van der Waals surface area contributed by atoms with E-state index in [-0.39, 0.29) is 35.9 Å². The minimum absolute atomic E-state index is 0. The number of ether oxygens (including phenoxy) is 1. The fraction of sp³-hybridized carbons (Fsp3) is 0.600. The standard InChI is InChI=1S/C20H31N3O2.HI/c1-5-21-20(22-14-18-8-7-15(3)13-16(18)4)23-11-9-17(10-12-23)19(24)25-6-2;/h7-8,13,17H,5-6,9-12,14H2,1-4H3,(H,21,22);1H. The van der Waals surface area contributed by atoms with Gasteiger partial charge < -0.3 is 15.0 Å². The molecule has 1 aromatic rings. The van der Waals surface area contributed by atoms with Crippen molar-refractivity contribution in [2.75, 3.05) is 26.2 Å². The van der Waals surface area contributed by atoms with Crippen LogP contribution in [0.15, 0.2) is 23.2 Å². The van der Waals surface area contributed by atoms with Gasteiger partial charge in [0, 0.05) is 19.6 Å². The minimum Gasteiger partial charge on any atom is -0.466 e. The molecule has 1 heterocycles. The molecule has 1 aliphatic heterocycles. The Labute approximate surface area is 174 Å². The van der Waals surface area contributed by atoms with Crippen molar-refractivity contribution in [2.24, 2.45) is 10.9 Å². The highest BCUT2D eigenvalue weighted by molar-refractivity contribution is 14.0. The number of aryl methyl sites for hydroxylation is 2. The van der Waals surface area contributed by atoms with Gasteiger partial charge in [0.25, 0.3) is 0 Å². The molecule has 0 radical (unpaired) electrons. The topological polar surface area (TPSA) is 53.9 Å². The monoisotopic (exact) mass is 473 g/mol. The second kappa shape index (κ2) is 11.4. The fourth-order valence-electron chi connectivity index (χ4n) is 3.20. The third-order valence-corrected chi connectivity index (χ3v) is 4.65. The number of benzene rings is 1. The predicted molar refractivity (Wildman–Crippen MR) is 117 cm³/mol. The van der Waals surface area contributed by atoms with Crippen LogP contribution in [0.2, 0.25) is 0 Å². The van der Waals surface area contributed by atoms with Crippen molar-refractivity contribution in [3.05, 3.63) is 34.9 Å². The molecule has 1 N–H and O–H groups in total. The van der Waals surface area contributed by atoms with Crippen LogP contribution >= 0.6 is 24.0 Å². The van der Waals surface area contributed by atoms with Crippen molar-refractivity contribution >= 4 is 35.9 Å². The molecular weight excluding hydrogens is 441 g/mol. The van der Waals surface area contributed by atoms with E-state index in [0.717, 1.165) is 38.4 Å². The molecule has 2 rings (SSSR count). The van der Waals surface area contributed by atoms with Crippen LogP contribution in [0.4, 0.5) is 0 Å². The number of rotatable bonds is 5. The number of hydrogen-bond acceptors (Lipinski definition) is 3. The van der Waals surface area contributed by atoms with Gasteiger partial charge in [0.05, 0.1) is 19.1 Å². The van der Waals surface area contributed by atoms with E-state index in [2.05, 4.69) is 49.2 Å². The number of halogens is 1. The molecular formula is C20H32IN3O2. The van der Waals surface area contributed by atoms with E-state index in [1.807, 2.05) is 6.92 Å². The van der Waals surface area contributed by atoms with Crippen molar-refractivity contribution in [3.8, 4) is 0 Å². The van der Waals surface area contributed by atoms with Crippen LogP contribution in [0, 0.1) is 19.8 Å². The van der Waals surface area contributed by atoms with E-state index in [4.69, 9.17) is 9.73 Å². The van der Waals surface area contributed by atoms with E-state index in [9.17, 15) is 4.79 Å². The molecule has 146 valence electrons. The Kier molecular flexibility index (Phi) is 9.98. The molecule has 0 saturated carbocycles. The number of nitrogens with one attached hydrogen (secondary N) is 1. The Hall–Kier alpha value is -1.31. The number of aliphatic imine (C=N–C) groups is 1. The average molecular weight is 473 g/mol. The first-order chi connectivity index (χ1) is 12.0. The highest BCUT2D eigenvalue weighted by atomic mass is 127. The van der Waals surface area contributed by atoms with Gasteiger partial charge in [-0.1, -0.05) is 23.8 Å². The van der Waals surface area contributed by atoms with Gasteiger partial charge in [-0.25, -0.2) is 4.99 Å². The van der Waals surface area contributed by atoms with Crippen molar-refractivity contribution in [1.29, 1.82) is 0 Å². The second-order valence-corrected chi connectivity index (χ2v) is 6.61. The summed E-state index contributed by atoms with van der Waals surface area (Å²) in [5, 5.41) is 3.38. The van der Waals surface area contributed by atoms with E-state index in [0.29, 0.717) is 13.2 Å². The first-order valence-electron chi connectivity index (χ1n) is 9.31. The zero-order chi connectivity index (χ0) is 18.2. The lowest BCUT2D eigenvalue weighted by Crippen LogP contribution is -2.46. The third-order valence-electron chi connectivity index (χ3n) is 4.65. The van der Waals surface area contributed by atoms with Crippen molar-refractivity contribution in [3.63, 3.8) is 0 Å². The summed E-state index contributed by atoms with van der Waals surface area (Å²) in [5.74, 6) is 0.905. The maximum absolute atomic E-state index is 11.9. The summed E-state index contributed by atoms with van der Waals surface area (Å²) >= 11 is 0. The van der Waals surface area contributed by atoms with Gasteiger partial charge >= 0.3 is 5.97 Å². The summed E-state index contributed by atoms with van der Waals surface area (Å²) < 4.78 is 5.15. The molecule has 0 spiro atoms. The molecule has 0 atom stereocenters. The van der Waals surface area contributed by atoms with Crippen molar-refractivity contribution in [1.82, 2.24) is 10.2 Å². The molecule has 1 fully saturated rings. The molecule has 0 amide bonds. The van der Waals surface area contributed by atoms with E-state index >= 15 is 0 Å². The number of piperidine rings is 1. The van der Waals surface area contributed by atoms with Crippen LogP contribution in [-0.2, 0) is 16.1 Å². The molecule has 1 saturated heterocycles. The number of guanidine groups is 1. The lowest BCUT2D eigenvalue weighted by atomic mass is 9.97. The zero-order valence-corrected chi connectivity index (χ0v) is 18.7. The first kappa shape index (κ1) is 22.7. The lowest BCUT2D eigenvalue weighted by molar-refractivity contribution is -0.149. The Morgan fingerprint density at radius 1 is 1.27 bits per heavy atom. The number of hydrogen-bond donors (Lipinski definition) is 1. The molecule has 1 aromatic carbocycles. The summed E-state index contributed by atoms with van der Waals surface area (Å²) in [7, 11) is 0. The normalized spacial score (nSPS) is 15.4. The SMILES string of the molecule is CCNC(=NCc1ccc(C)cc1C)N1CCC(C(=O)OCC)CC1.I. The van der Waals surface area contributed by atoms with Crippen LogP contribution in [0.5, 0.6) is 0 Å². The van der Waals surface area contributed by atoms with Crippen molar-refractivity contribution < 1.29 is 9.53 Å². The van der Waals surface area contributed by atoms with Gasteiger partial charge in [-0.3, -0.25) is 4.79 Å². The number of likely N-dealkylation sites (tertiary alicyclic amines) is 1. The minimum atomic E-state index is -0.0561. The quantitative estimate of drug-likeness (QED) is 0.307. The van der Waals surface area contributed by atoms with E-state index < -0.39 is 0 Å².